The van der Waals surface area contributed by atoms with Crippen LogP contribution in [0.3, 0.4) is 0 Å². The first kappa shape index (κ1) is 14.8. The van der Waals surface area contributed by atoms with Gasteiger partial charge >= 0.3 is 18.1 Å². The first-order valence-electron chi connectivity index (χ1n) is 4.64. The Hall–Kier alpha value is -0.180. The quantitative estimate of drug-likeness (QED) is 0.621. The van der Waals surface area contributed by atoms with Crippen molar-refractivity contribution < 1.29 is 16.8 Å². The van der Waals surface area contributed by atoms with Crippen molar-refractivity contribution in [3.05, 3.63) is 0 Å². The monoisotopic (exact) mass is 258 g/mol. The summed E-state index contributed by atoms with van der Waals surface area (Å²) in [6, 6.07) is 0. The second kappa shape index (κ2) is 5.24. The summed E-state index contributed by atoms with van der Waals surface area (Å²) in [7, 11) is -6.05. The zero-order chi connectivity index (χ0) is 12.3. The Morgan fingerprint density at radius 2 is 1.27 bits per heavy atom. The second-order valence-electron chi connectivity index (χ2n) is 3.15. The molecule has 0 saturated heterocycles. The summed E-state index contributed by atoms with van der Waals surface area (Å²) in [5.41, 5.74) is 0. The van der Waals surface area contributed by atoms with Gasteiger partial charge in [-0.3, -0.25) is 0 Å². The van der Waals surface area contributed by atoms with Gasteiger partial charge in [0.2, 0.25) is 0 Å². The van der Waals surface area contributed by atoms with Crippen molar-refractivity contribution in [1.82, 2.24) is 8.61 Å². The third-order valence-electron chi connectivity index (χ3n) is 2.01. The maximum Gasteiger partial charge on any atom is 0.333 e. The SMILES string of the molecule is CCCN(C)S(=O)(=O)S(=O)(=O)N(C)CC. The van der Waals surface area contributed by atoms with Gasteiger partial charge < -0.3 is 0 Å². The van der Waals surface area contributed by atoms with Crippen LogP contribution in [-0.4, -0.2) is 52.6 Å². The molecule has 0 spiro atoms. The molecular formula is C7H18N2O4S2. The van der Waals surface area contributed by atoms with Gasteiger partial charge in [-0.05, 0) is 6.42 Å². The molecule has 0 unspecified atom stereocenters. The van der Waals surface area contributed by atoms with E-state index in [1.165, 1.54) is 14.1 Å². The van der Waals surface area contributed by atoms with Gasteiger partial charge in [0.05, 0.1) is 0 Å². The van der Waals surface area contributed by atoms with E-state index in [0.717, 1.165) is 8.61 Å². The van der Waals surface area contributed by atoms with Gasteiger partial charge in [-0.15, -0.1) is 0 Å². The highest BCUT2D eigenvalue weighted by molar-refractivity contribution is 8.65. The largest absolute Gasteiger partial charge is 0.333 e. The zero-order valence-corrected chi connectivity index (χ0v) is 11.1. The topological polar surface area (TPSA) is 74.8 Å². The minimum Gasteiger partial charge on any atom is -0.194 e. The van der Waals surface area contributed by atoms with Crippen molar-refractivity contribution in [3.8, 4) is 0 Å². The maximum absolute atomic E-state index is 11.6. The molecule has 0 aromatic carbocycles. The third kappa shape index (κ3) is 2.90. The predicted molar refractivity (Wildman–Crippen MR) is 59.1 cm³/mol. The summed E-state index contributed by atoms with van der Waals surface area (Å²) >= 11 is 0. The van der Waals surface area contributed by atoms with Gasteiger partial charge in [0.25, 0.3) is 0 Å². The lowest BCUT2D eigenvalue weighted by molar-refractivity contribution is 0.459. The lowest BCUT2D eigenvalue weighted by atomic mass is 10.5. The molecule has 0 radical (unpaired) electrons. The number of nitrogens with zero attached hydrogens (tertiary/aromatic N) is 2. The molecule has 0 aliphatic rings. The molecule has 0 aliphatic heterocycles. The molecule has 0 bridgehead atoms. The van der Waals surface area contributed by atoms with Gasteiger partial charge in [0.1, 0.15) is 0 Å². The van der Waals surface area contributed by atoms with E-state index in [2.05, 4.69) is 0 Å². The lowest BCUT2D eigenvalue weighted by Crippen LogP contribution is -2.41. The van der Waals surface area contributed by atoms with Gasteiger partial charge in [-0.2, -0.15) is 25.4 Å². The molecule has 8 heteroatoms. The summed E-state index contributed by atoms with van der Waals surface area (Å²) in [5, 5.41) is 0. The van der Waals surface area contributed by atoms with Crippen LogP contribution in [0.25, 0.3) is 0 Å². The Balaban J connectivity index is 5.22. The highest BCUT2D eigenvalue weighted by atomic mass is 33.2. The van der Waals surface area contributed by atoms with E-state index in [1.807, 2.05) is 0 Å². The molecule has 0 rings (SSSR count). The smallest absolute Gasteiger partial charge is 0.194 e. The van der Waals surface area contributed by atoms with Gasteiger partial charge in [0, 0.05) is 27.2 Å². The summed E-state index contributed by atoms with van der Waals surface area (Å²) in [6.45, 7) is 3.68. The van der Waals surface area contributed by atoms with E-state index in [-0.39, 0.29) is 13.1 Å². The molecule has 0 aliphatic carbocycles. The Kier molecular flexibility index (Phi) is 5.18. The molecule has 0 aromatic heterocycles. The van der Waals surface area contributed by atoms with Crippen LogP contribution in [-0.2, 0) is 18.1 Å². The Bertz CT molecular complexity index is 387. The molecule has 0 fully saturated rings. The summed E-state index contributed by atoms with van der Waals surface area (Å²) in [5.74, 6) is 0. The maximum atomic E-state index is 11.6. The zero-order valence-electron chi connectivity index (χ0n) is 9.47. The molecular weight excluding hydrogens is 240 g/mol. The van der Waals surface area contributed by atoms with E-state index in [9.17, 15) is 16.8 Å². The lowest BCUT2D eigenvalue weighted by Gasteiger charge is -2.20. The van der Waals surface area contributed by atoms with E-state index in [0.29, 0.717) is 6.42 Å². The Morgan fingerprint density at radius 3 is 1.60 bits per heavy atom. The molecule has 92 valence electrons. The van der Waals surface area contributed by atoms with E-state index < -0.39 is 18.1 Å². The van der Waals surface area contributed by atoms with E-state index in [1.54, 1.807) is 13.8 Å². The standard InChI is InChI=1S/C7H18N2O4S2/c1-5-7-9(4)15(12,13)14(10,11)8(3)6-2/h5-7H2,1-4H3. The van der Waals surface area contributed by atoms with Crippen LogP contribution in [0.1, 0.15) is 20.3 Å². The van der Waals surface area contributed by atoms with Crippen LogP contribution in [0, 0.1) is 0 Å². The van der Waals surface area contributed by atoms with Crippen LogP contribution < -0.4 is 0 Å². The van der Waals surface area contributed by atoms with Crippen LogP contribution >= 0.6 is 0 Å². The van der Waals surface area contributed by atoms with Crippen LogP contribution in [0.15, 0.2) is 0 Å². The number of hydrogen-bond acceptors (Lipinski definition) is 4. The Morgan fingerprint density at radius 1 is 0.867 bits per heavy atom. The first-order chi connectivity index (χ1) is 6.71. The normalized spacial score (nSPS) is 13.7. The van der Waals surface area contributed by atoms with Crippen molar-refractivity contribution in [2.75, 3.05) is 27.2 Å². The molecule has 0 amide bonds. The average Bonchev–Trinajstić information content (AvgIpc) is 2.16. The summed E-state index contributed by atoms with van der Waals surface area (Å²) in [4.78, 5) is 0. The van der Waals surface area contributed by atoms with E-state index >= 15 is 0 Å². The van der Waals surface area contributed by atoms with Crippen LogP contribution in [0.4, 0.5) is 0 Å². The summed E-state index contributed by atoms with van der Waals surface area (Å²) in [6.07, 6.45) is 0.571. The fourth-order valence-electron chi connectivity index (χ4n) is 0.906. The van der Waals surface area contributed by atoms with Gasteiger partial charge in [0.15, 0.2) is 0 Å². The molecule has 15 heavy (non-hydrogen) atoms. The van der Waals surface area contributed by atoms with Crippen molar-refractivity contribution in [3.63, 3.8) is 0 Å². The Labute approximate surface area is 91.4 Å². The van der Waals surface area contributed by atoms with Crippen LogP contribution in [0.2, 0.25) is 0 Å². The van der Waals surface area contributed by atoms with Crippen molar-refractivity contribution in [2.45, 2.75) is 20.3 Å². The van der Waals surface area contributed by atoms with Gasteiger partial charge in [-0.25, -0.2) is 0 Å². The molecule has 0 aromatic rings. The molecule has 0 N–H and O–H groups in total. The summed E-state index contributed by atoms with van der Waals surface area (Å²) < 4.78 is 48.1. The fourth-order valence-corrected chi connectivity index (χ4v) is 4.74. The van der Waals surface area contributed by atoms with E-state index in [4.69, 9.17) is 0 Å². The van der Waals surface area contributed by atoms with Crippen molar-refractivity contribution >= 4 is 18.1 Å². The predicted octanol–water partition coefficient (Wildman–Crippen LogP) is -0.145. The van der Waals surface area contributed by atoms with Crippen LogP contribution in [0.5, 0.6) is 0 Å². The first-order valence-corrected chi connectivity index (χ1v) is 8.04. The molecule has 6 nitrogen and oxygen atoms in total. The minimum atomic E-state index is -4.28. The highest BCUT2D eigenvalue weighted by Gasteiger charge is 2.36. The fraction of sp³-hybridized carbons (Fsp3) is 1.00. The second-order valence-corrected chi connectivity index (χ2v) is 8.64. The third-order valence-corrected chi connectivity index (χ3v) is 7.64. The average molecular weight is 258 g/mol. The highest BCUT2D eigenvalue weighted by Crippen LogP contribution is 2.12. The number of rotatable bonds is 6. The molecule has 0 heterocycles. The molecule has 0 atom stereocenters. The number of hydrogen-bond donors (Lipinski definition) is 0. The van der Waals surface area contributed by atoms with Gasteiger partial charge in [-0.1, -0.05) is 13.8 Å². The van der Waals surface area contributed by atoms with Crippen molar-refractivity contribution in [2.24, 2.45) is 0 Å². The van der Waals surface area contributed by atoms with Crippen molar-refractivity contribution in [1.29, 1.82) is 0 Å². The molecule has 0 saturated carbocycles. The minimum absolute atomic E-state index is 0.127.